The van der Waals surface area contributed by atoms with Gasteiger partial charge in [0.25, 0.3) is 0 Å². The molecule has 0 aromatic heterocycles. The number of aliphatic hydroxyl groups excluding tert-OH is 1. The van der Waals surface area contributed by atoms with Crippen LogP contribution in [-0.4, -0.2) is 72.9 Å². The molecular weight excluding hydrogens is 256 g/mol. The first-order valence-electron chi connectivity index (χ1n) is 7.65. The first kappa shape index (κ1) is 15.7. The Hall–Kier alpha value is -0.650. The Morgan fingerprint density at radius 1 is 1.30 bits per heavy atom. The van der Waals surface area contributed by atoms with Crippen molar-refractivity contribution in [1.82, 2.24) is 9.80 Å². The number of hydrogen-bond acceptors (Lipinski definition) is 4. The van der Waals surface area contributed by atoms with Gasteiger partial charge in [-0.2, -0.15) is 0 Å². The predicted octanol–water partition coefficient (Wildman–Crippen LogP) is 0.574. The van der Waals surface area contributed by atoms with Crippen molar-refractivity contribution < 1.29 is 14.6 Å². The van der Waals surface area contributed by atoms with E-state index in [9.17, 15) is 9.90 Å². The van der Waals surface area contributed by atoms with E-state index in [1.807, 2.05) is 4.90 Å². The minimum atomic E-state index is -0.326. The van der Waals surface area contributed by atoms with E-state index in [0.717, 1.165) is 32.6 Å². The van der Waals surface area contributed by atoms with E-state index in [1.54, 1.807) is 0 Å². The van der Waals surface area contributed by atoms with E-state index >= 15 is 0 Å². The Bertz CT molecular complexity index is 327. The fourth-order valence-corrected chi connectivity index (χ4v) is 2.66. The van der Waals surface area contributed by atoms with Crippen LogP contribution in [0.15, 0.2) is 0 Å². The van der Waals surface area contributed by atoms with Crippen molar-refractivity contribution in [2.45, 2.75) is 33.3 Å². The molecule has 2 rings (SSSR count). The van der Waals surface area contributed by atoms with E-state index in [-0.39, 0.29) is 23.3 Å². The molecule has 2 aliphatic rings. The molecule has 2 heterocycles. The number of β-amino-alcohol motifs (C(OH)–C–C–N with tert-alkyl or cyclic N) is 1. The molecule has 5 heteroatoms. The molecule has 1 N–H and O–H groups in total. The van der Waals surface area contributed by atoms with Crippen LogP contribution in [0.4, 0.5) is 0 Å². The molecule has 1 amide bonds. The number of rotatable bonds is 3. The van der Waals surface area contributed by atoms with Crippen molar-refractivity contribution in [3.05, 3.63) is 0 Å². The maximum atomic E-state index is 12.3. The lowest BCUT2D eigenvalue weighted by atomic mass is 9.89. The number of amides is 1. The molecule has 2 fully saturated rings. The summed E-state index contributed by atoms with van der Waals surface area (Å²) < 4.78 is 5.29. The van der Waals surface area contributed by atoms with Gasteiger partial charge < -0.3 is 14.7 Å². The number of hydrogen-bond donors (Lipinski definition) is 1. The summed E-state index contributed by atoms with van der Waals surface area (Å²) in [6.45, 7) is 11.4. The van der Waals surface area contributed by atoms with Gasteiger partial charge in [0.2, 0.25) is 5.91 Å². The summed E-state index contributed by atoms with van der Waals surface area (Å²) in [5.41, 5.74) is -0.0891. The number of piperazine rings is 1. The third-order valence-electron chi connectivity index (χ3n) is 4.39. The molecule has 0 aromatic rings. The van der Waals surface area contributed by atoms with Gasteiger partial charge in [-0.3, -0.25) is 9.69 Å². The lowest BCUT2D eigenvalue weighted by molar-refractivity contribution is -0.137. The first-order chi connectivity index (χ1) is 9.38. The summed E-state index contributed by atoms with van der Waals surface area (Å²) in [6, 6.07) is 0. The van der Waals surface area contributed by atoms with Crippen molar-refractivity contribution >= 4 is 5.91 Å². The normalized spacial score (nSPS) is 26.8. The zero-order chi connectivity index (χ0) is 14.8. The van der Waals surface area contributed by atoms with Gasteiger partial charge >= 0.3 is 0 Å². The highest BCUT2D eigenvalue weighted by molar-refractivity contribution is 5.79. The van der Waals surface area contributed by atoms with E-state index in [0.29, 0.717) is 19.8 Å². The molecule has 0 saturated carbocycles. The summed E-state index contributed by atoms with van der Waals surface area (Å²) in [6.07, 6.45) is 0.537. The Kier molecular flexibility index (Phi) is 5.04. The zero-order valence-corrected chi connectivity index (χ0v) is 13.0. The smallest absolute Gasteiger partial charge is 0.228 e. The van der Waals surface area contributed by atoms with E-state index in [4.69, 9.17) is 4.74 Å². The molecule has 2 atom stereocenters. The van der Waals surface area contributed by atoms with Crippen LogP contribution in [-0.2, 0) is 9.53 Å². The van der Waals surface area contributed by atoms with Crippen LogP contribution >= 0.6 is 0 Å². The lowest BCUT2D eigenvalue weighted by Crippen LogP contribution is -2.52. The van der Waals surface area contributed by atoms with E-state index in [1.165, 1.54) is 0 Å². The second kappa shape index (κ2) is 6.41. The average molecular weight is 284 g/mol. The fraction of sp³-hybridized carbons (Fsp3) is 0.933. The van der Waals surface area contributed by atoms with Gasteiger partial charge in [-0.1, -0.05) is 20.8 Å². The number of carbonyl (C=O) groups excluding carboxylic acids is 1. The first-order valence-corrected chi connectivity index (χ1v) is 7.65. The topological polar surface area (TPSA) is 53.0 Å². The quantitative estimate of drug-likeness (QED) is 0.823. The SMILES string of the molecule is CC(C)(C)[C@@H](O)CN1CCN(C(=O)[C@H]2CCOC2)CC1. The molecule has 116 valence electrons. The summed E-state index contributed by atoms with van der Waals surface area (Å²) in [4.78, 5) is 16.5. The Balaban J connectivity index is 1.76. The Morgan fingerprint density at radius 2 is 1.95 bits per heavy atom. The maximum Gasteiger partial charge on any atom is 0.228 e. The van der Waals surface area contributed by atoms with Crippen LogP contribution in [0.2, 0.25) is 0 Å². The van der Waals surface area contributed by atoms with Crippen LogP contribution < -0.4 is 0 Å². The number of aliphatic hydroxyl groups is 1. The summed E-state index contributed by atoms with van der Waals surface area (Å²) in [5, 5.41) is 10.1. The van der Waals surface area contributed by atoms with E-state index in [2.05, 4.69) is 25.7 Å². The van der Waals surface area contributed by atoms with Crippen LogP contribution in [0, 0.1) is 11.3 Å². The molecule has 2 saturated heterocycles. The molecule has 0 spiro atoms. The third kappa shape index (κ3) is 3.93. The lowest BCUT2D eigenvalue weighted by Gasteiger charge is -2.38. The third-order valence-corrected chi connectivity index (χ3v) is 4.39. The van der Waals surface area contributed by atoms with Crippen molar-refractivity contribution in [3.63, 3.8) is 0 Å². The molecular formula is C15H28N2O3. The molecule has 0 radical (unpaired) electrons. The highest BCUT2D eigenvalue weighted by Gasteiger charge is 2.31. The largest absolute Gasteiger partial charge is 0.391 e. The monoisotopic (exact) mass is 284 g/mol. The van der Waals surface area contributed by atoms with Crippen LogP contribution in [0.5, 0.6) is 0 Å². The summed E-state index contributed by atoms with van der Waals surface area (Å²) in [7, 11) is 0. The second-order valence-corrected chi connectivity index (χ2v) is 7.07. The summed E-state index contributed by atoms with van der Waals surface area (Å²) in [5.74, 6) is 0.320. The van der Waals surface area contributed by atoms with Gasteiger partial charge in [-0.05, 0) is 11.8 Å². The van der Waals surface area contributed by atoms with Gasteiger partial charge in [0.05, 0.1) is 18.6 Å². The number of nitrogens with zero attached hydrogens (tertiary/aromatic N) is 2. The molecule has 5 nitrogen and oxygen atoms in total. The number of ether oxygens (including phenoxy) is 1. The highest BCUT2D eigenvalue weighted by Crippen LogP contribution is 2.21. The van der Waals surface area contributed by atoms with Crippen molar-refractivity contribution in [3.8, 4) is 0 Å². The van der Waals surface area contributed by atoms with Crippen molar-refractivity contribution in [2.24, 2.45) is 11.3 Å². The molecule has 0 unspecified atom stereocenters. The Morgan fingerprint density at radius 3 is 2.45 bits per heavy atom. The molecule has 0 aliphatic carbocycles. The standard InChI is InChI=1S/C15H28N2O3/c1-15(2,3)13(18)10-16-5-7-17(8-6-16)14(19)12-4-9-20-11-12/h12-13,18H,4-11H2,1-3H3/t12-,13-/m0/s1. The van der Waals surface area contributed by atoms with Gasteiger partial charge in [0, 0.05) is 39.3 Å². The molecule has 2 aliphatic heterocycles. The van der Waals surface area contributed by atoms with Crippen molar-refractivity contribution in [2.75, 3.05) is 45.9 Å². The second-order valence-electron chi connectivity index (χ2n) is 7.07. The van der Waals surface area contributed by atoms with Gasteiger partial charge in [0.1, 0.15) is 0 Å². The van der Waals surface area contributed by atoms with Crippen molar-refractivity contribution in [1.29, 1.82) is 0 Å². The highest BCUT2D eigenvalue weighted by atomic mass is 16.5. The van der Waals surface area contributed by atoms with E-state index < -0.39 is 0 Å². The minimum absolute atomic E-state index is 0.0710. The zero-order valence-electron chi connectivity index (χ0n) is 13.0. The van der Waals surface area contributed by atoms with Gasteiger partial charge in [-0.25, -0.2) is 0 Å². The fourth-order valence-electron chi connectivity index (χ4n) is 2.66. The van der Waals surface area contributed by atoms with Crippen LogP contribution in [0.1, 0.15) is 27.2 Å². The predicted molar refractivity (Wildman–Crippen MR) is 77.4 cm³/mol. The van der Waals surface area contributed by atoms with Crippen LogP contribution in [0.3, 0.4) is 0 Å². The van der Waals surface area contributed by atoms with Crippen LogP contribution in [0.25, 0.3) is 0 Å². The van der Waals surface area contributed by atoms with Gasteiger partial charge in [0.15, 0.2) is 0 Å². The Labute approximate surface area is 121 Å². The molecule has 20 heavy (non-hydrogen) atoms. The number of carbonyl (C=O) groups is 1. The maximum absolute atomic E-state index is 12.3. The van der Waals surface area contributed by atoms with Gasteiger partial charge in [-0.15, -0.1) is 0 Å². The average Bonchev–Trinajstić information content (AvgIpc) is 2.91. The molecule has 0 aromatic carbocycles. The minimum Gasteiger partial charge on any atom is -0.391 e. The molecule has 0 bridgehead atoms. The summed E-state index contributed by atoms with van der Waals surface area (Å²) >= 11 is 0.